The van der Waals surface area contributed by atoms with Gasteiger partial charge in [-0.15, -0.1) is 0 Å². The Hall–Kier alpha value is -1.68. The molecule has 0 radical (unpaired) electrons. The highest BCUT2D eigenvalue weighted by Gasteiger charge is 2.15. The molecule has 1 saturated heterocycles. The molecule has 3 heteroatoms. The maximum absolute atomic E-state index is 6.26. The Kier molecular flexibility index (Phi) is 6.41. The van der Waals surface area contributed by atoms with Gasteiger partial charge in [-0.05, 0) is 30.9 Å². The zero-order valence-corrected chi connectivity index (χ0v) is 14.6. The largest absolute Gasteiger partial charge is 0.367 e. The van der Waals surface area contributed by atoms with E-state index in [1.165, 1.54) is 36.0 Å². The van der Waals surface area contributed by atoms with Gasteiger partial charge in [-0.1, -0.05) is 66.6 Å². The lowest BCUT2D eigenvalue weighted by Crippen LogP contribution is -2.43. The summed E-state index contributed by atoms with van der Waals surface area (Å²) in [4.78, 5) is 0. The second-order valence-corrected chi connectivity index (χ2v) is 6.53. The second kappa shape index (κ2) is 8.97. The van der Waals surface area contributed by atoms with Crippen molar-refractivity contribution in [2.45, 2.75) is 32.3 Å². The molecule has 24 heavy (non-hydrogen) atoms. The fourth-order valence-corrected chi connectivity index (χ4v) is 3.19. The number of nitrogens with zero attached hydrogens (tertiary/aromatic N) is 1. The first-order valence-electron chi connectivity index (χ1n) is 9.04. The molecule has 0 saturated carbocycles. The molecule has 2 aromatic rings. The molecule has 2 aromatic carbocycles. The summed E-state index contributed by atoms with van der Waals surface area (Å²) in [7, 11) is 0. The van der Waals surface area contributed by atoms with Gasteiger partial charge in [-0.25, -0.2) is 5.01 Å². The summed E-state index contributed by atoms with van der Waals surface area (Å²) < 4.78 is 6.26. The molecular formula is C21H28N2O. The minimum absolute atomic E-state index is 0.00467. The summed E-state index contributed by atoms with van der Waals surface area (Å²) in [6, 6.07) is 19.1. The van der Waals surface area contributed by atoms with E-state index in [0.29, 0.717) is 6.61 Å². The molecule has 0 amide bonds. The molecule has 1 heterocycles. The first-order chi connectivity index (χ1) is 11.8. The van der Waals surface area contributed by atoms with Crippen LogP contribution in [-0.4, -0.2) is 31.3 Å². The van der Waals surface area contributed by atoms with Gasteiger partial charge >= 0.3 is 0 Å². The van der Waals surface area contributed by atoms with E-state index < -0.39 is 0 Å². The Morgan fingerprint density at radius 3 is 2.29 bits per heavy atom. The smallest absolute Gasteiger partial charge is 0.108 e. The molecule has 1 fully saturated rings. The summed E-state index contributed by atoms with van der Waals surface area (Å²) in [5.74, 6) is 0. The van der Waals surface area contributed by atoms with Crippen LogP contribution >= 0.6 is 0 Å². The number of benzene rings is 2. The Labute approximate surface area is 145 Å². The SMILES string of the molecule is Cc1ccc(C(OCCNN2CCCCC2)c2ccccc2)cc1. The van der Waals surface area contributed by atoms with E-state index in [-0.39, 0.29) is 6.10 Å². The molecule has 3 rings (SSSR count). The number of hydrogen-bond acceptors (Lipinski definition) is 3. The van der Waals surface area contributed by atoms with Crippen molar-refractivity contribution in [3.8, 4) is 0 Å². The van der Waals surface area contributed by atoms with E-state index in [4.69, 9.17) is 4.74 Å². The van der Waals surface area contributed by atoms with E-state index in [1.54, 1.807) is 0 Å². The van der Waals surface area contributed by atoms with Crippen LogP contribution in [0.4, 0.5) is 0 Å². The van der Waals surface area contributed by atoms with Gasteiger partial charge in [0.05, 0.1) is 6.61 Å². The monoisotopic (exact) mass is 324 g/mol. The quantitative estimate of drug-likeness (QED) is 0.776. The normalized spacial score (nSPS) is 16.9. The molecule has 1 aliphatic heterocycles. The van der Waals surface area contributed by atoms with Gasteiger partial charge in [-0.2, -0.15) is 0 Å². The topological polar surface area (TPSA) is 24.5 Å². The van der Waals surface area contributed by atoms with E-state index in [1.807, 2.05) is 6.07 Å². The molecule has 128 valence electrons. The van der Waals surface area contributed by atoms with Crippen LogP contribution in [0.1, 0.15) is 42.1 Å². The molecule has 1 aliphatic rings. The summed E-state index contributed by atoms with van der Waals surface area (Å²) in [6.07, 6.45) is 3.95. The number of nitrogens with one attached hydrogen (secondary N) is 1. The van der Waals surface area contributed by atoms with Crippen LogP contribution in [0.2, 0.25) is 0 Å². The van der Waals surface area contributed by atoms with Crippen LogP contribution in [-0.2, 0) is 4.74 Å². The fraction of sp³-hybridized carbons (Fsp3) is 0.429. The first kappa shape index (κ1) is 17.2. The van der Waals surface area contributed by atoms with Crippen molar-refractivity contribution in [2.75, 3.05) is 26.2 Å². The van der Waals surface area contributed by atoms with Crippen LogP contribution in [0.15, 0.2) is 54.6 Å². The zero-order valence-electron chi connectivity index (χ0n) is 14.6. The summed E-state index contributed by atoms with van der Waals surface area (Å²) in [5.41, 5.74) is 7.19. The van der Waals surface area contributed by atoms with Crippen molar-refractivity contribution in [2.24, 2.45) is 0 Å². The lowest BCUT2D eigenvalue weighted by Gasteiger charge is -2.27. The fourth-order valence-electron chi connectivity index (χ4n) is 3.19. The van der Waals surface area contributed by atoms with Crippen molar-refractivity contribution in [3.05, 3.63) is 71.3 Å². The predicted molar refractivity (Wildman–Crippen MR) is 98.8 cm³/mol. The summed E-state index contributed by atoms with van der Waals surface area (Å²) >= 11 is 0. The third-order valence-electron chi connectivity index (χ3n) is 4.56. The average molecular weight is 324 g/mol. The molecule has 1 unspecified atom stereocenters. The van der Waals surface area contributed by atoms with Gasteiger partial charge in [-0.3, -0.25) is 5.43 Å². The first-order valence-corrected chi connectivity index (χ1v) is 9.04. The lowest BCUT2D eigenvalue weighted by atomic mass is 10.0. The van der Waals surface area contributed by atoms with Crippen molar-refractivity contribution in [1.29, 1.82) is 0 Å². The van der Waals surface area contributed by atoms with Crippen LogP contribution in [0.25, 0.3) is 0 Å². The van der Waals surface area contributed by atoms with Gasteiger partial charge in [0, 0.05) is 19.6 Å². The molecule has 1 N–H and O–H groups in total. The van der Waals surface area contributed by atoms with Gasteiger partial charge in [0.1, 0.15) is 6.10 Å². The molecule has 0 spiro atoms. The number of piperidine rings is 1. The van der Waals surface area contributed by atoms with E-state index >= 15 is 0 Å². The average Bonchev–Trinajstić information content (AvgIpc) is 2.64. The number of hydrazine groups is 1. The van der Waals surface area contributed by atoms with Gasteiger partial charge in [0.2, 0.25) is 0 Å². The highest BCUT2D eigenvalue weighted by atomic mass is 16.5. The third kappa shape index (κ3) is 4.91. The second-order valence-electron chi connectivity index (χ2n) is 6.53. The minimum Gasteiger partial charge on any atom is -0.367 e. The number of hydrogen-bond donors (Lipinski definition) is 1. The standard InChI is InChI=1S/C21H28N2O/c1-18-10-12-20(13-11-18)21(19-8-4-2-5-9-19)24-17-14-22-23-15-6-3-7-16-23/h2,4-5,8-13,21-22H,3,6-7,14-17H2,1H3. The van der Waals surface area contributed by atoms with Gasteiger partial charge in [0.15, 0.2) is 0 Å². The molecule has 1 atom stereocenters. The van der Waals surface area contributed by atoms with Crippen molar-refractivity contribution in [1.82, 2.24) is 10.4 Å². The van der Waals surface area contributed by atoms with Gasteiger partial charge < -0.3 is 4.74 Å². The van der Waals surface area contributed by atoms with Crippen molar-refractivity contribution >= 4 is 0 Å². The van der Waals surface area contributed by atoms with Crippen molar-refractivity contribution < 1.29 is 4.74 Å². The molecule has 0 aromatic heterocycles. The van der Waals surface area contributed by atoms with Crippen LogP contribution in [0.3, 0.4) is 0 Å². The third-order valence-corrected chi connectivity index (χ3v) is 4.56. The van der Waals surface area contributed by atoms with Crippen LogP contribution in [0, 0.1) is 6.92 Å². The number of rotatable bonds is 7. The highest BCUT2D eigenvalue weighted by molar-refractivity contribution is 5.31. The predicted octanol–water partition coefficient (Wildman–Crippen LogP) is 4.09. The Morgan fingerprint density at radius 2 is 1.58 bits per heavy atom. The number of aryl methyl sites for hydroxylation is 1. The Balaban J connectivity index is 1.59. The Morgan fingerprint density at radius 1 is 0.917 bits per heavy atom. The van der Waals surface area contributed by atoms with E-state index in [0.717, 1.165) is 19.6 Å². The molecule has 3 nitrogen and oxygen atoms in total. The van der Waals surface area contributed by atoms with Gasteiger partial charge in [0.25, 0.3) is 0 Å². The highest BCUT2D eigenvalue weighted by Crippen LogP contribution is 2.26. The number of ether oxygens (including phenoxy) is 1. The Bertz CT molecular complexity index is 591. The lowest BCUT2D eigenvalue weighted by molar-refractivity contribution is 0.0609. The molecule has 0 bridgehead atoms. The van der Waals surface area contributed by atoms with Crippen LogP contribution < -0.4 is 5.43 Å². The van der Waals surface area contributed by atoms with E-state index in [9.17, 15) is 0 Å². The minimum atomic E-state index is -0.00467. The maximum Gasteiger partial charge on any atom is 0.108 e. The molecular weight excluding hydrogens is 296 g/mol. The summed E-state index contributed by atoms with van der Waals surface area (Å²) in [5, 5.41) is 2.33. The zero-order chi connectivity index (χ0) is 16.6. The summed E-state index contributed by atoms with van der Waals surface area (Å²) in [6.45, 7) is 5.98. The molecule has 0 aliphatic carbocycles. The van der Waals surface area contributed by atoms with E-state index in [2.05, 4.69) is 65.9 Å². The maximum atomic E-state index is 6.26. The van der Waals surface area contributed by atoms with Crippen LogP contribution in [0.5, 0.6) is 0 Å². The van der Waals surface area contributed by atoms with Crippen molar-refractivity contribution in [3.63, 3.8) is 0 Å².